The van der Waals surface area contributed by atoms with Crippen LogP contribution in [-0.4, -0.2) is 35.3 Å². The van der Waals surface area contributed by atoms with Gasteiger partial charge >= 0.3 is 0 Å². The van der Waals surface area contributed by atoms with E-state index in [1.807, 2.05) is 69.3 Å². The molecule has 1 aliphatic heterocycles. The Morgan fingerprint density at radius 3 is 2.10 bits per heavy atom. The van der Waals surface area contributed by atoms with Gasteiger partial charge in [0.1, 0.15) is 28.9 Å². The Morgan fingerprint density at radius 1 is 0.875 bits per heavy atom. The van der Waals surface area contributed by atoms with Crippen LogP contribution in [0.5, 0.6) is 11.5 Å². The molecular formula is C31H31N5O4. The van der Waals surface area contributed by atoms with Crippen molar-refractivity contribution in [1.29, 1.82) is 0 Å². The van der Waals surface area contributed by atoms with Crippen molar-refractivity contribution in [2.45, 2.75) is 26.8 Å². The fourth-order valence-electron chi connectivity index (χ4n) is 4.64. The molecule has 0 bridgehead atoms. The molecule has 204 valence electrons. The minimum Gasteiger partial charge on any atom is -0.497 e. The highest BCUT2D eigenvalue weighted by atomic mass is 16.5. The fraction of sp³-hybridized carbons (Fsp3) is 0.194. The monoisotopic (exact) mass is 537 g/mol. The van der Waals surface area contributed by atoms with Crippen molar-refractivity contribution in [3.05, 3.63) is 107 Å². The Kier molecular flexibility index (Phi) is 7.54. The third-order valence-electron chi connectivity index (χ3n) is 6.68. The SMILES string of the molecule is CCOc1ccc(C2C(C(=O)Nc3ccc(OC)cc3)=C(C)Nc3c(C(=O)Nc4ccc(C)cc4)cnn32)cc1. The number of fused-ring (bicyclic) bond motifs is 1. The summed E-state index contributed by atoms with van der Waals surface area (Å²) in [6, 6.07) is 21.7. The van der Waals surface area contributed by atoms with E-state index in [9.17, 15) is 9.59 Å². The molecule has 2 heterocycles. The molecule has 1 atom stereocenters. The first-order valence-corrected chi connectivity index (χ1v) is 13.0. The van der Waals surface area contributed by atoms with E-state index < -0.39 is 6.04 Å². The smallest absolute Gasteiger partial charge is 0.261 e. The van der Waals surface area contributed by atoms with E-state index in [2.05, 4.69) is 21.0 Å². The van der Waals surface area contributed by atoms with Gasteiger partial charge in [0.25, 0.3) is 11.8 Å². The van der Waals surface area contributed by atoms with Gasteiger partial charge in [-0.25, -0.2) is 4.68 Å². The molecule has 9 nitrogen and oxygen atoms in total. The summed E-state index contributed by atoms with van der Waals surface area (Å²) in [5.41, 5.74) is 4.68. The highest BCUT2D eigenvalue weighted by molar-refractivity contribution is 6.09. The Hall–Kier alpha value is -5.05. The molecule has 0 fully saturated rings. The van der Waals surface area contributed by atoms with Gasteiger partial charge in [0.15, 0.2) is 0 Å². The molecular weight excluding hydrogens is 506 g/mol. The van der Waals surface area contributed by atoms with Crippen molar-refractivity contribution in [2.24, 2.45) is 0 Å². The summed E-state index contributed by atoms with van der Waals surface area (Å²) in [5.74, 6) is 1.33. The first-order chi connectivity index (χ1) is 19.4. The number of amides is 2. The summed E-state index contributed by atoms with van der Waals surface area (Å²) in [4.78, 5) is 27.0. The van der Waals surface area contributed by atoms with Gasteiger partial charge < -0.3 is 25.4 Å². The van der Waals surface area contributed by atoms with Gasteiger partial charge in [-0.3, -0.25) is 9.59 Å². The minimum absolute atomic E-state index is 0.291. The standard InChI is InChI=1S/C31H31N5O4/c1-5-40-25-14-8-21(9-15-25)28-27(31(38)35-23-12-16-24(39-4)17-13-23)20(3)33-29-26(18-32-36(28)29)30(37)34-22-10-6-19(2)7-11-22/h6-18,28,33H,5H2,1-4H3,(H,34,37)(H,35,38). The number of nitrogens with one attached hydrogen (secondary N) is 3. The molecule has 0 saturated heterocycles. The Morgan fingerprint density at radius 2 is 1.48 bits per heavy atom. The van der Waals surface area contributed by atoms with E-state index >= 15 is 0 Å². The average Bonchev–Trinajstić information content (AvgIpc) is 3.38. The predicted octanol–water partition coefficient (Wildman–Crippen LogP) is 5.78. The molecule has 3 N–H and O–H groups in total. The summed E-state index contributed by atoms with van der Waals surface area (Å²) in [6.07, 6.45) is 1.52. The van der Waals surface area contributed by atoms with Gasteiger partial charge in [0, 0.05) is 17.1 Å². The Balaban J connectivity index is 1.51. The first-order valence-electron chi connectivity index (χ1n) is 13.0. The van der Waals surface area contributed by atoms with Gasteiger partial charge in [-0.15, -0.1) is 0 Å². The van der Waals surface area contributed by atoms with Crippen LogP contribution in [0, 0.1) is 6.92 Å². The second-order valence-corrected chi connectivity index (χ2v) is 9.42. The zero-order valence-electron chi connectivity index (χ0n) is 22.8. The molecule has 0 spiro atoms. The van der Waals surface area contributed by atoms with Gasteiger partial charge in [-0.05, 0) is 74.9 Å². The predicted molar refractivity (Wildman–Crippen MR) is 155 cm³/mol. The molecule has 9 heteroatoms. The third-order valence-corrected chi connectivity index (χ3v) is 6.68. The Labute approximate surface area is 232 Å². The summed E-state index contributed by atoms with van der Waals surface area (Å²) in [7, 11) is 1.59. The van der Waals surface area contributed by atoms with Crippen LogP contribution in [0.1, 0.15) is 41.4 Å². The van der Waals surface area contributed by atoms with Crippen LogP contribution in [0.3, 0.4) is 0 Å². The highest BCUT2D eigenvalue weighted by Crippen LogP contribution is 2.38. The van der Waals surface area contributed by atoms with Crippen LogP contribution < -0.4 is 25.4 Å². The molecule has 0 radical (unpaired) electrons. The number of carbonyl (C=O) groups excluding carboxylic acids is 2. The van der Waals surface area contributed by atoms with Crippen LogP contribution in [0.4, 0.5) is 17.2 Å². The molecule has 1 aliphatic rings. The molecule has 2 amide bonds. The lowest BCUT2D eigenvalue weighted by Gasteiger charge is -2.30. The number of aryl methyl sites for hydroxylation is 1. The van der Waals surface area contributed by atoms with E-state index in [1.165, 1.54) is 6.20 Å². The Bertz CT molecular complexity index is 1560. The molecule has 40 heavy (non-hydrogen) atoms. The zero-order valence-corrected chi connectivity index (χ0v) is 22.8. The fourth-order valence-corrected chi connectivity index (χ4v) is 4.64. The first kappa shape index (κ1) is 26.6. The lowest BCUT2D eigenvalue weighted by Crippen LogP contribution is -2.32. The number of nitrogens with zero attached hydrogens (tertiary/aromatic N) is 2. The van der Waals surface area contributed by atoms with Crippen molar-refractivity contribution < 1.29 is 19.1 Å². The van der Waals surface area contributed by atoms with Crippen molar-refractivity contribution in [1.82, 2.24) is 9.78 Å². The molecule has 5 rings (SSSR count). The van der Waals surface area contributed by atoms with E-state index in [-0.39, 0.29) is 11.8 Å². The second kappa shape index (κ2) is 11.4. The summed E-state index contributed by atoms with van der Waals surface area (Å²) in [6.45, 7) is 6.28. The number of rotatable bonds is 8. The number of hydrogen-bond donors (Lipinski definition) is 3. The average molecular weight is 538 g/mol. The lowest BCUT2D eigenvalue weighted by atomic mass is 9.94. The number of aromatic nitrogens is 2. The number of allylic oxidation sites excluding steroid dienone is 1. The maximum Gasteiger partial charge on any atom is 0.261 e. The number of benzene rings is 3. The van der Waals surface area contributed by atoms with Crippen LogP contribution in [0.25, 0.3) is 0 Å². The number of hydrogen-bond acceptors (Lipinski definition) is 6. The quantitative estimate of drug-likeness (QED) is 0.263. The van der Waals surface area contributed by atoms with Crippen molar-refractivity contribution in [3.8, 4) is 11.5 Å². The topological polar surface area (TPSA) is 107 Å². The van der Waals surface area contributed by atoms with Gasteiger partial charge in [0.05, 0.1) is 25.5 Å². The van der Waals surface area contributed by atoms with Gasteiger partial charge in [-0.1, -0.05) is 29.8 Å². The normalized spacial score (nSPS) is 14.2. The molecule has 1 unspecified atom stereocenters. The van der Waals surface area contributed by atoms with E-state index in [1.54, 1.807) is 36.1 Å². The van der Waals surface area contributed by atoms with Crippen molar-refractivity contribution >= 4 is 29.0 Å². The molecule has 1 aromatic heterocycles. The summed E-state index contributed by atoms with van der Waals surface area (Å²) >= 11 is 0. The number of carbonyl (C=O) groups is 2. The minimum atomic E-state index is -0.592. The van der Waals surface area contributed by atoms with Gasteiger partial charge in [0.2, 0.25) is 0 Å². The summed E-state index contributed by atoms with van der Waals surface area (Å²) in [5, 5.41) is 13.8. The van der Waals surface area contributed by atoms with E-state index in [0.29, 0.717) is 46.4 Å². The van der Waals surface area contributed by atoms with Crippen LogP contribution >= 0.6 is 0 Å². The largest absolute Gasteiger partial charge is 0.497 e. The molecule has 4 aromatic rings. The number of ether oxygens (including phenoxy) is 2. The maximum absolute atomic E-state index is 13.7. The molecule has 0 saturated carbocycles. The zero-order chi connectivity index (χ0) is 28.2. The highest BCUT2D eigenvalue weighted by Gasteiger charge is 2.35. The van der Waals surface area contributed by atoms with Crippen LogP contribution in [0.2, 0.25) is 0 Å². The van der Waals surface area contributed by atoms with Crippen molar-refractivity contribution in [3.63, 3.8) is 0 Å². The molecule has 0 aliphatic carbocycles. The maximum atomic E-state index is 13.7. The van der Waals surface area contributed by atoms with Crippen LogP contribution in [0.15, 0.2) is 90.3 Å². The van der Waals surface area contributed by atoms with E-state index in [0.717, 1.165) is 16.9 Å². The number of anilines is 3. The van der Waals surface area contributed by atoms with Gasteiger partial charge in [-0.2, -0.15) is 5.10 Å². The second-order valence-electron chi connectivity index (χ2n) is 9.42. The van der Waals surface area contributed by atoms with E-state index in [4.69, 9.17) is 9.47 Å². The number of methoxy groups -OCH3 is 1. The third kappa shape index (κ3) is 5.40. The summed E-state index contributed by atoms with van der Waals surface area (Å²) < 4.78 is 12.5. The van der Waals surface area contributed by atoms with Crippen molar-refractivity contribution in [2.75, 3.05) is 29.7 Å². The lowest BCUT2D eigenvalue weighted by molar-refractivity contribution is -0.113. The van der Waals surface area contributed by atoms with Crippen LogP contribution in [-0.2, 0) is 4.79 Å². The molecule has 3 aromatic carbocycles.